The highest BCUT2D eigenvalue weighted by Gasteiger charge is 2.15. The molecule has 2 nitrogen and oxygen atoms in total. The molecular weight excluding hydrogens is 252 g/mol. The van der Waals surface area contributed by atoms with Gasteiger partial charge in [0.25, 0.3) is 0 Å². The van der Waals surface area contributed by atoms with Crippen LogP contribution in [0.5, 0.6) is 0 Å². The van der Waals surface area contributed by atoms with Crippen LogP contribution in [0.2, 0.25) is 0 Å². The monoisotopic (exact) mass is 270 g/mol. The summed E-state index contributed by atoms with van der Waals surface area (Å²) in [5.74, 6) is 0. The fourth-order valence-corrected chi connectivity index (χ4v) is 3.62. The van der Waals surface area contributed by atoms with E-state index in [0.29, 0.717) is 6.54 Å². The van der Waals surface area contributed by atoms with E-state index < -0.39 is 0 Å². The van der Waals surface area contributed by atoms with E-state index in [-0.39, 0.29) is 5.25 Å². The average molecular weight is 270 g/mol. The molecule has 19 heavy (non-hydrogen) atoms. The predicted molar refractivity (Wildman–Crippen MR) is 80.4 cm³/mol. The summed E-state index contributed by atoms with van der Waals surface area (Å²) in [5, 5.41) is 0.237. The van der Waals surface area contributed by atoms with Crippen LogP contribution in [0.15, 0.2) is 47.5 Å². The normalized spacial score (nSPS) is 15.2. The van der Waals surface area contributed by atoms with E-state index in [0.717, 1.165) is 5.69 Å². The summed E-state index contributed by atoms with van der Waals surface area (Å²) >= 11 is 1.82. The van der Waals surface area contributed by atoms with Gasteiger partial charge in [0, 0.05) is 17.6 Å². The van der Waals surface area contributed by atoms with Crippen LogP contribution in [0.4, 0.5) is 0 Å². The summed E-state index contributed by atoms with van der Waals surface area (Å²) in [4.78, 5) is 5.72. The van der Waals surface area contributed by atoms with Gasteiger partial charge in [-0.05, 0) is 54.7 Å². The number of nitrogens with two attached hydrogens (primary N) is 1. The van der Waals surface area contributed by atoms with Crippen LogP contribution in [0, 0.1) is 0 Å². The van der Waals surface area contributed by atoms with Gasteiger partial charge in [-0.1, -0.05) is 12.1 Å². The molecule has 0 fully saturated rings. The van der Waals surface area contributed by atoms with Crippen molar-refractivity contribution in [2.24, 2.45) is 5.73 Å². The van der Waals surface area contributed by atoms with E-state index in [1.165, 1.54) is 35.3 Å². The summed E-state index contributed by atoms with van der Waals surface area (Å²) in [7, 11) is 0. The largest absolute Gasteiger partial charge is 0.329 e. The zero-order valence-electron chi connectivity index (χ0n) is 10.9. The number of thioether (sulfide) groups is 1. The number of hydrogen-bond acceptors (Lipinski definition) is 3. The van der Waals surface area contributed by atoms with Crippen LogP contribution in [0.25, 0.3) is 0 Å². The summed E-state index contributed by atoms with van der Waals surface area (Å²) in [5.41, 5.74) is 10.0. The molecule has 3 heteroatoms. The lowest BCUT2D eigenvalue weighted by atomic mass is 10.1. The van der Waals surface area contributed by atoms with Crippen molar-refractivity contribution in [3.05, 3.63) is 59.4 Å². The molecule has 0 aliphatic heterocycles. The van der Waals surface area contributed by atoms with Crippen molar-refractivity contribution in [2.45, 2.75) is 29.4 Å². The number of pyridine rings is 1. The second-order valence-electron chi connectivity index (χ2n) is 4.88. The molecule has 1 aromatic heterocycles. The van der Waals surface area contributed by atoms with Gasteiger partial charge in [0.2, 0.25) is 0 Å². The van der Waals surface area contributed by atoms with Crippen molar-refractivity contribution in [2.75, 3.05) is 6.54 Å². The first-order valence-corrected chi connectivity index (χ1v) is 7.64. The van der Waals surface area contributed by atoms with Crippen LogP contribution >= 0.6 is 11.8 Å². The van der Waals surface area contributed by atoms with E-state index in [1.54, 1.807) is 0 Å². The van der Waals surface area contributed by atoms with Gasteiger partial charge < -0.3 is 5.73 Å². The van der Waals surface area contributed by atoms with E-state index in [4.69, 9.17) is 5.73 Å². The summed E-state index contributed by atoms with van der Waals surface area (Å²) < 4.78 is 0. The molecule has 2 aromatic rings. The molecule has 1 aliphatic carbocycles. The van der Waals surface area contributed by atoms with Crippen LogP contribution in [0.3, 0.4) is 0 Å². The Morgan fingerprint density at radius 1 is 1.16 bits per heavy atom. The molecule has 0 bridgehead atoms. The van der Waals surface area contributed by atoms with Crippen molar-refractivity contribution < 1.29 is 0 Å². The maximum Gasteiger partial charge on any atom is 0.0639 e. The molecule has 0 saturated heterocycles. The zero-order chi connectivity index (χ0) is 13.1. The minimum atomic E-state index is 0.237. The smallest absolute Gasteiger partial charge is 0.0639 e. The Kier molecular flexibility index (Phi) is 3.85. The molecule has 0 radical (unpaired) electrons. The van der Waals surface area contributed by atoms with Crippen molar-refractivity contribution in [1.29, 1.82) is 0 Å². The topological polar surface area (TPSA) is 38.9 Å². The molecule has 3 rings (SSSR count). The van der Waals surface area contributed by atoms with Gasteiger partial charge >= 0.3 is 0 Å². The Hall–Kier alpha value is -1.32. The Labute approximate surface area is 118 Å². The molecule has 1 heterocycles. The second-order valence-corrected chi connectivity index (χ2v) is 6.16. The number of fused-ring (bicyclic) bond motifs is 1. The minimum Gasteiger partial charge on any atom is -0.329 e. The first-order valence-electron chi connectivity index (χ1n) is 6.76. The Balaban J connectivity index is 1.80. The summed E-state index contributed by atoms with van der Waals surface area (Å²) in [6.07, 6.45) is 5.59. The van der Waals surface area contributed by atoms with Crippen molar-refractivity contribution in [3.8, 4) is 0 Å². The lowest BCUT2D eigenvalue weighted by molar-refractivity contribution is 0.897. The van der Waals surface area contributed by atoms with Crippen LogP contribution in [-0.4, -0.2) is 11.5 Å². The molecule has 1 unspecified atom stereocenters. The minimum absolute atomic E-state index is 0.237. The molecule has 0 spiro atoms. The number of hydrogen-bond donors (Lipinski definition) is 1. The second kappa shape index (κ2) is 5.76. The third-order valence-corrected chi connectivity index (χ3v) is 4.82. The Morgan fingerprint density at radius 2 is 2.05 bits per heavy atom. The number of benzene rings is 1. The molecule has 1 aromatic carbocycles. The average Bonchev–Trinajstić information content (AvgIpc) is 2.93. The standard InChI is InChI=1S/C16H18N2S/c17-11-16(15-6-1-2-9-18-15)19-14-8-7-12-4-3-5-13(12)10-14/h1-2,6-10,16H,3-5,11,17H2. The third kappa shape index (κ3) is 2.82. The van der Waals surface area contributed by atoms with E-state index >= 15 is 0 Å². The van der Waals surface area contributed by atoms with E-state index in [9.17, 15) is 0 Å². The molecule has 0 amide bonds. The molecule has 1 aliphatic rings. The maximum absolute atomic E-state index is 5.90. The highest BCUT2D eigenvalue weighted by Crippen LogP contribution is 2.35. The fraction of sp³-hybridized carbons (Fsp3) is 0.312. The highest BCUT2D eigenvalue weighted by molar-refractivity contribution is 7.99. The van der Waals surface area contributed by atoms with Crippen molar-refractivity contribution >= 4 is 11.8 Å². The lowest BCUT2D eigenvalue weighted by Gasteiger charge is -2.14. The SMILES string of the molecule is NCC(Sc1ccc2c(c1)CCC2)c1ccccn1. The first-order chi connectivity index (χ1) is 9.36. The quantitative estimate of drug-likeness (QED) is 0.866. The Bertz CT molecular complexity index is 554. The van der Waals surface area contributed by atoms with Crippen molar-refractivity contribution in [3.63, 3.8) is 0 Å². The zero-order valence-corrected chi connectivity index (χ0v) is 11.7. The van der Waals surface area contributed by atoms with E-state index in [2.05, 4.69) is 29.2 Å². The number of nitrogens with zero attached hydrogens (tertiary/aromatic N) is 1. The van der Waals surface area contributed by atoms with Gasteiger partial charge in [-0.2, -0.15) is 0 Å². The Morgan fingerprint density at radius 3 is 2.84 bits per heavy atom. The molecular formula is C16H18N2S. The van der Waals surface area contributed by atoms with Crippen LogP contribution in [-0.2, 0) is 12.8 Å². The van der Waals surface area contributed by atoms with Gasteiger partial charge in [0.05, 0.1) is 10.9 Å². The van der Waals surface area contributed by atoms with Gasteiger partial charge in [0.15, 0.2) is 0 Å². The third-order valence-electron chi connectivity index (χ3n) is 3.58. The van der Waals surface area contributed by atoms with E-state index in [1.807, 2.05) is 30.1 Å². The van der Waals surface area contributed by atoms with Crippen LogP contribution in [0.1, 0.15) is 28.5 Å². The number of rotatable bonds is 4. The predicted octanol–water partition coefficient (Wildman–Crippen LogP) is 3.36. The highest BCUT2D eigenvalue weighted by atomic mass is 32.2. The first kappa shape index (κ1) is 12.7. The summed E-state index contributed by atoms with van der Waals surface area (Å²) in [6.45, 7) is 0.610. The van der Waals surface area contributed by atoms with Crippen molar-refractivity contribution in [1.82, 2.24) is 4.98 Å². The fourth-order valence-electron chi connectivity index (χ4n) is 2.58. The summed E-state index contributed by atoms with van der Waals surface area (Å²) in [6, 6.07) is 12.8. The number of aromatic nitrogens is 1. The molecule has 2 N–H and O–H groups in total. The maximum atomic E-state index is 5.90. The van der Waals surface area contributed by atoms with Gasteiger partial charge in [-0.15, -0.1) is 11.8 Å². The van der Waals surface area contributed by atoms with Gasteiger partial charge in [0.1, 0.15) is 0 Å². The molecule has 98 valence electrons. The number of aryl methyl sites for hydroxylation is 2. The van der Waals surface area contributed by atoms with Gasteiger partial charge in [-0.3, -0.25) is 4.98 Å². The van der Waals surface area contributed by atoms with Crippen LogP contribution < -0.4 is 5.73 Å². The molecule has 0 saturated carbocycles. The van der Waals surface area contributed by atoms with Gasteiger partial charge in [-0.25, -0.2) is 0 Å². The lowest BCUT2D eigenvalue weighted by Crippen LogP contribution is -2.10. The molecule has 1 atom stereocenters.